The van der Waals surface area contributed by atoms with Gasteiger partial charge in [0.25, 0.3) is 0 Å². The zero-order chi connectivity index (χ0) is 8.65. The number of hydrogen-bond acceptors (Lipinski definition) is 4. The molecule has 0 aromatic rings. The molecular formula is C6H13BO4. The van der Waals surface area contributed by atoms with Crippen molar-refractivity contribution in [2.24, 2.45) is 5.92 Å². The minimum absolute atomic E-state index is 0.415. The van der Waals surface area contributed by atoms with Crippen LogP contribution < -0.4 is 0 Å². The maximum atomic E-state index is 9.48. The second-order valence-corrected chi connectivity index (χ2v) is 3.11. The molecule has 1 rings (SSSR count). The molecule has 1 unspecified atom stereocenters. The van der Waals surface area contributed by atoms with Crippen LogP contribution in [0.5, 0.6) is 0 Å². The SMILES string of the molecule is B[C@@H]1OC(O)(CO)[C@@H](C)[C@H]1O. The highest BCUT2D eigenvalue weighted by molar-refractivity contribution is 6.11. The van der Waals surface area contributed by atoms with Gasteiger partial charge in [-0.2, -0.15) is 0 Å². The van der Waals surface area contributed by atoms with Crippen LogP contribution in [0.2, 0.25) is 0 Å². The van der Waals surface area contributed by atoms with Gasteiger partial charge in [-0.1, -0.05) is 6.92 Å². The fourth-order valence-electron chi connectivity index (χ4n) is 1.35. The third-order valence-electron chi connectivity index (χ3n) is 2.32. The van der Waals surface area contributed by atoms with E-state index in [1.807, 2.05) is 0 Å². The van der Waals surface area contributed by atoms with Gasteiger partial charge in [0.1, 0.15) is 7.85 Å². The lowest BCUT2D eigenvalue weighted by Gasteiger charge is -2.24. The van der Waals surface area contributed by atoms with Crippen LogP contribution in [0.1, 0.15) is 6.92 Å². The van der Waals surface area contributed by atoms with Crippen LogP contribution >= 0.6 is 0 Å². The quantitative estimate of drug-likeness (QED) is 0.376. The molecule has 0 aromatic carbocycles. The summed E-state index contributed by atoms with van der Waals surface area (Å²) < 4.78 is 4.98. The van der Waals surface area contributed by atoms with Crippen molar-refractivity contribution in [1.82, 2.24) is 0 Å². The van der Waals surface area contributed by atoms with Crippen LogP contribution in [0, 0.1) is 5.92 Å². The summed E-state index contributed by atoms with van der Waals surface area (Å²) in [7, 11) is 1.66. The zero-order valence-electron chi connectivity index (χ0n) is 6.69. The summed E-state index contributed by atoms with van der Waals surface area (Å²) in [4.78, 5) is 0. The average molecular weight is 160 g/mol. The molecule has 0 amide bonds. The first-order valence-corrected chi connectivity index (χ1v) is 3.70. The van der Waals surface area contributed by atoms with Gasteiger partial charge in [0.05, 0.1) is 18.7 Å². The summed E-state index contributed by atoms with van der Waals surface area (Å²) >= 11 is 0. The van der Waals surface area contributed by atoms with Crippen LogP contribution in [0.4, 0.5) is 0 Å². The van der Waals surface area contributed by atoms with E-state index in [0.717, 1.165) is 0 Å². The van der Waals surface area contributed by atoms with Crippen LogP contribution in [0.15, 0.2) is 0 Å². The van der Waals surface area contributed by atoms with Crippen LogP contribution in [-0.4, -0.2) is 47.7 Å². The molecule has 0 bridgehead atoms. The molecule has 1 aliphatic heterocycles. The second-order valence-electron chi connectivity index (χ2n) is 3.11. The Morgan fingerprint density at radius 3 is 2.36 bits per heavy atom. The van der Waals surface area contributed by atoms with Gasteiger partial charge in [0, 0.05) is 5.92 Å². The van der Waals surface area contributed by atoms with Gasteiger partial charge in [0.2, 0.25) is 0 Å². The van der Waals surface area contributed by atoms with E-state index in [2.05, 4.69) is 0 Å². The Labute approximate surface area is 66.2 Å². The van der Waals surface area contributed by atoms with Crippen LogP contribution in [0.3, 0.4) is 0 Å². The van der Waals surface area contributed by atoms with Crippen molar-refractivity contribution in [3.05, 3.63) is 0 Å². The minimum atomic E-state index is -1.56. The Bertz CT molecular complexity index is 154. The fraction of sp³-hybridized carbons (Fsp3) is 1.00. The molecule has 0 spiro atoms. The maximum absolute atomic E-state index is 9.48. The molecule has 11 heavy (non-hydrogen) atoms. The summed E-state index contributed by atoms with van der Waals surface area (Å²) in [5.74, 6) is -2.00. The smallest absolute Gasteiger partial charge is 0.193 e. The molecule has 64 valence electrons. The lowest BCUT2D eigenvalue weighted by Crippen LogP contribution is -2.39. The third kappa shape index (κ3) is 1.29. The molecule has 4 atom stereocenters. The van der Waals surface area contributed by atoms with E-state index in [-0.39, 0.29) is 0 Å². The second kappa shape index (κ2) is 2.75. The Balaban J connectivity index is 2.73. The van der Waals surface area contributed by atoms with Crippen molar-refractivity contribution < 1.29 is 20.1 Å². The van der Waals surface area contributed by atoms with Crippen molar-refractivity contribution in [3.63, 3.8) is 0 Å². The van der Waals surface area contributed by atoms with Gasteiger partial charge in [-0.25, -0.2) is 0 Å². The van der Waals surface area contributed by atoms with E-state index < -0.39 is 30.4 Å². The standard InChI is InChI=1S/C6H13BO4/c1-3-4(9)5(7)11-6(3,10)2-8/h3-5,8-10H,2,7H2,1H3/t3-,4+,5+,6?/m0/s1. The van der Waals surface area contributed by atoms with E-state index in [4.69, 9.17) is 9.84 Å². The molecule has 1 aliphatic rings. The van der Waals surface area contributed by atoms with Crippen LogP contribution in [0.25, 0.3) is 0 Å². The van der Waals surface area contributed by atoms with Gasteiger partial charge in [0.15, 0.2) is 5.79 Å². The Morgan fingerprint density at radius 2 is 2.18 bits per heavy atom. The molecule has 0 saturated carbocycles. The first-order chi connectivity index (χ1) is 5.01. The summed E-state index contributed by atoms with van der Waals surface area (Å²) in [5, 5.41) is 27.6. The first kappa shape index (κ1) is 9.00. The van der Waals surface area contributed by atoms with Gasteiger partial charge >= 0.3 is 0 Å². The van der Waals surface area contributed by atoms with Gasteiger partial charge in [-0.3, -0.25) is 0 Å². The minimum Gasteiger partial charge on any atom is -0.391 e. The van der Waals surface area contributed by atoms with E-state index in [0.29, 0.717) is 0 Å². The number of ether oxygens (including phenoxy) is 1. The molecule has 0 aromatic heterocycles. The molecule has 1 fully saturated rings. The Morgan fingerprint density at radius 1 is 1.64 bits per heavy atom. The number of aliphatic hydroxyl groups excluding tert-OH is 2. The predicted molar refractivity (Wildman–Crippen MR) is 40.6 cm³/mol. The molecule has 1 heterocycles. The summed E-state index contributed by atoms with van der Waals surface area (Å²) in [6.07, 6.45) is -0.702. The molecular weight excluding hydrogens is 147 g/mol. The highest BCUT2D eigenvalue weighted by Crippen LogP contribution is 2.32. The van der Waals surface area contributed by atoms with E-state index in [1.54, 1.807) is 14.8 Å². The first-order valence-electron chi connectivity index (χ1n) is 3.70. The van der Waals surface area contributed by atoms with Crippen molar-refractivity contribution in [2.75, 3.05) is 6.61 Å². The highest BCUT2D eigenvalue weighted by Gasteiger charge is 2.48. The number of rotatable bonds is 1. The summed E-state index contributed by atoms with van der Waals surface area (Å²) in [6, 6.07) is -0.415. The molecule has 1 saturated heterocycles. The molecule has 0 radical (unpaired) electrons. The average Bonchev–Trinajstić information content (AvgIpc) is 2.17. The summed E-state index contributed by atoms with van der Waals surface area (Å²) in [5.41, 5.74) is 0. The number of hydrogen-bond donors (Lipinski definition) is 3. The van der Waals surface area contributed by atoms with Crippen LogP contribution in [-0.2, 0) is 4.74 Å². The Kier molecular flexibility index (Phi) is 2.25. The van der Waals surface area contributed by atoms with E-state index >= 15 is 0 Å². The van der Waals surface area contributed by atoms with Crippen molar-refractivity contribution in [3.8, 4) is 0 Å². The van der Waals surface area contributed by atoms with Crippen molar-refractivity contribution in [1.29, 1.82) is 0 Å². The van der Waals surface area contributed by atoms with E-state index in [9.17, 15) is 10.2 Å². The molecule has 5 heteroatoms. The number of aliphatic hydroxyl groups is 3. The van der Waals surface area contributed by atoms with Gasteiger partial charge < -0.3 is 20.1 Å². The zero-order valence-corrected chi connectivity index (χ0v) is 6.69. The molecule has 4 nitrogen and oxygen atoms in total. The molecule has 3 N–H and O–H groups in total. The molecule has 0 aliphatic carbocycles. The topological polar surface area (TPSA) is 69.9 Å². The van der Waals surface area contributed by atoms with Crippen molar-refractivity contribution in [2.45, 2.75) is 24.8 Å². The van der Waals surface area contributed by atoms with Crippen molar-refractivity contribution >= 4 is 7.85 Å². The highest BCUT2D eigenvalue weighted by atomic mass is 16.7. The lowest BCUT2D eigenvalue weighted by molar-refractivity contribution is -0.219. The monoisotopic (exact) mass is 160 g/mol. The lowest BCUT2D eigenvalue weighted by atomic mass is 9.88. The van der Waals surface area contributed by atoms with Gasteiger partial charge in [-0.15, -0.1) is 0 Å². The Hall–Kier alpha value is -0.0951. The largest absolute Gasteiger partial charge is 0.391 e. The van der Waals surface area contributed by atoms with E-state index in [1.165, 1.54) is 0 Å². The van der Waals surface area contributed by atoms with Gasteiger partial charge in [-0.05, 0) is 0 Å². The summed E-state index contributed by atoms with van der Waals surface area (Å²) in [6.45, 7) is 1.17. The normalized spacial score (nSPS) is 51.5. The predicted octanol–water partition coefficient (Wildman–Crippen LogP) is -2.35. The fourth-order valence-corrected chi connectivity index (χ4v) is 1.35. The maximum Gasteiger partial charge on any atom is 0.193 e. The third-order valence-corrected chi connectivity index (χ3v) is 2.32.